The van der Waals surface area contributed by atoms with Gasteiger partial charge in [-0.1, -0.05) is 24.3 Å². The van der Waals surface area contributed by atoms with Crippen LogP contribution < -0.4 is 21.1 Å². The molecule has 0 saturated heterocycles. The maximum Gasteiger partial charge on any atom is 0.329 e. The highest BCUT2D eigenvalue weighted by Crippen LogP contribution is 2.35. The smallest absolute Gasteiger partial charge is 0.329 e. The van der Waals surface area contributed by atoms with Gasteiger partial charge in [0, 0.05) is 56.6 Å². The van der Waals surface area contributed by atoms with E-state index in [1.165, 1.54) is 9.13 Å². The number of rotatable bonds is 4. The Bertz CT molecular complexity index is 1580. The molecule has 0 fully saturated rings. The summed E-state index contributed by atoms with van der Waals surface area (Å²) in [6.07, 6.45) is 3.20. The van der Waals surface area contributed by atoms with E-state index in [-0.39, 0.29) is 5.69 Å². The molecule has 10 heteroatoms. The summed E-state index contributed by atoms with van der Waals surface area (Å²) in [6.45, 7) is 0. The van der Waals surface area contributed by atoms with Crippen LogP contribution in [-0.4, -0.2) is 29.9 Å². The summed E-state index contributed by atoms with van der Waals surface area (Å²) < 4.78 is 10.8. The highest BCUT2D eigenvalue weighted by molar-refractivity contribution is 6.02. The molecule has 33 heavy (non-hydrogen) atoms. The molecule has 166 valence electrons. The molecule has 0 unspecified atom stereocenters. The van der Waals surface area contributed by atoms with E-state index in [2.05, 4.69) is 20.7 Å². The third kappa shape index (κ3) is 3.57. The predicted octanol–water partition coefficient (Wildman–Crippen LogP) is 3.60. The van der Waals surface area contributed by atoms with E-state index in [9.17, 15) is 9.59 Å². The number of nitrogens with zero attached hydrogens (tertiary/aromatic N) is 5. The first kappa shape index (κ1) is 20.3. The number of aryl methyl sites for hydroxylation is 3. The largest absolute Gasteiger partial charge is 0.454 e. The third-order valence-electron chi connectivity index (χ3n) is 5.46. The first-order valence-electron chi connectivity index (χ1n) is 10.2. The van der Waals surface area contributed by atoms with Crippen molar-refractivity contribution in [2.45, 2.75) is 0 Å². The number of ether oxygens (including phenoxy) is 1. The number of nitrogens with one attached hydrogen (secondary N) is 2. The standard InChI is InChI=1S/C23H21N7O3/c1-28-20-17(8-10-24-21(20)29(2)23(28)32)33-18-13-15(12-14-6-4-5-7-16(14)18)26-22(31)27-19-9-11-25-30(19)3/h4-13H,1-3H3,(H2,26,27,31). The van der Waals surface area contributed by atoms with Gasteiger partial charge in [-0.2, -0.15) is 5.10 Å². The molecule has 2 N–H and O–H groups in total. The molecule has 5 rings (SSSR count). The molecule has 10 nitrogen and oxygen atoms in total. The fourth-order valence-corrected chi connectivity index (χ4v) is 3.81. The molecular formula is C23H21N7O3. The zero-order valence-electron chi connectivity index (χ0n) is 18.2. The third-order valence-corrected chi connectivity index (χ3v) is 5.46. The number of carbonyl (C=O) groups excluding carboxylic acids is 1. The van der Waals surface area contributed by atoms with Gasteiger partial charge in [0.25, 0.3) is 0 Å². The predicted molar refractivity (Wildman–Crippen MR) is 126 cm³/mol. The van der Waals surface area contributed by atoms with Crippen molar-refractivity contribution in [1.29, 1.82) is 0 Å². The summed E-state index contributed by atoms with van der Waals surface area (Å²) in [5.41, 5.74) is 1.46. The topological polar surface area (TPSA) is 108 Å². The normalized spacial score (nSPS) is 11.1. The average Bonchev–Trinajstić information content (AvgIpc) is 3.30. The number of aromatic nitrogens is 5. The van der Waals surface area contributed by atoms with Crippen LogP contribution in [0.5, 0.6) is 11.5 Å². The lowest BCUT2D eigenvalue weighted by Gasteiger charge is -2.14. The number of fused-ring (bicyclic) bond motifs is 2. The van der Waals surface area contributed by atoms with Gasteiger partial charge in [0.2, 0.25) is 0 Å². The van der Waals surface area contributed by atoms with E-state index in [0.717, 1.165) is 10.8 Å². The van der Waals surface area contributed by atoms with Crippen molar-refractivity contribution in [2.75, 3.05) is 10.6 Å². The second-order valence-corrected chi connectivity index (χ2v) is 7.60. The van der Waals surface area contributed by atoms with Crippen molar-refractivity contribution in [2.24, 2.45) is 21.1 Å². The monoisotopic (exact) mass is 443 g/mol. The van der Waals surface area contributed by atoms with Crippen molar-refractivity contribution in [3.05, 3.63) is 71.4 Å². The van der Waals surface area contributed by atoms with Crippen LogP contribution in [0.2, 0.25) is 0 Å². The Morgan fingerprint density at radius 3 is 2.55 bits per heavy atom. The van der Waals surface area contributed by atoms with E-state index >= 15 is 0 Å². The zero-order valence-corrected chi connectivity index (χ0v) is 18.2. The van der Waals surface area contributed by atoms with E-state index in [1.54, 1.807) is 56.4 Å². The lowest BCUT2D eigenvalue weighted by molar-refractivity contribution is 0.262. The molecule has 0 aliphatic carbocycles. The van der Waals surface area contributed by atoms with Crippen molar-refractivity contribution in [3.63, 3.8) is 0 Å². The van der Waals surface area contributed by atoms with Gasteiger partial charge in [0.15, 0.2) is 11.4 Å². The van der Waals surface area contributed by atoms with Gasteiger partial charge in [-0.3, -0.25) is 19.1 Å². The summed E-state index contributed by atoms with van der Waals surface area (Å²) in [4.78, 5) is 29.3. The fourth-order valence-electron chi connectivity index (χ4n) is 3.81. The quantitative estimate of drug-likeness (QED) is 0.441. The Morgan fingerprint density at radius 1 is 0.939 bits per heavy atom. The van der Waals surface area contributed by atoms with Crippen LogP contribution in [0.25, 0.3) is 21.9 Å². The molecule has 2 amide bonds. The summed E-state index contributed by atoms with van der Waals surface area (Å²) >= 11 is 0. The van der Waals surface area contributed by atoms with E-state index in [0.29, 0.717) is 34.2 Å². The minimum atomic E-state index is -0.406. The number of imidazole rings is 1. The molecule has 3 heterocycles. The van der Waals surface area contributed by atoms with Crippen LogP contribution in [0.4, 0.5) is 16.3 Å². The van der Waals surface area contributed by atoms with Crippen LogP contribution >= 0.6 is 0 Å². The molecule has 0 radical (unpaired) electrons. The average molecular weight is 443 g/mol. The van der Waals surface area contributed by atoms with Crippen LogP contribution in [0.3, 0.4) is 0 Å². The molecule has 0 atom stereocenters. The molecular weight excluding hydrogens is 422 g/mol. The van der Waals surface area contributed by atoms with Crippen LogP contribution in [0, 0.1) is 0 Å². The van der Waals surface area contributed by atoms with E-state index in [4.69, 9.17) is 4.74 Å². The summed E-state index contributed by atoms with van der Waals surface area (Å²) in [7, 11) is 5.09. The van der Waals surface area contributed by atoms with Gasteiger partial charge in [0.05, 0.1) is 6.20 Å². The maximum absolute atomic E-state index is 12.5. The molecule has 0 bridgehead atoms. The van der Waals surface area contributed by atoms with Gasteiger partial charge >= 0.3 is 11.7 Å². The molecule has 0 aliphatic heterocycles. The Hall–Kier alpha value is -4.60. The van der Waals surface area contributed by atoms with Crippen LogP contribution in [-0.2, 0) is 21.1 Å². The van der Waals surface area contributed by atoms with Crippen molar-refractivity contribution in [1.82, 2.24) is 23.9 Å². The molecule has 0 aliphatic rings. The van der Waals surface area contributed by atoms with Gasteiger partial charge in [-0.05, 0) is 11.5 Å². The van der Waals surface area contributed by atoms with Gasteiger partial charge in [-0.25, -0.2) is 14.6 Å². The number of hydrogen-bond acceptors (Lipinski definition) is 5. The lowest BCUT2D eigenvalue weighted by atomic mass is 10.1. The number of amides is 2. The number of anilines is 2. The lowest BCUT2D eigenvalue weighted by Crippen LogP contribution is -2.21. The Balaban J connectivity index is 1.54. The van der Waals surface area contributed by atoms with Crippen molar-refractivity contribution in [3.8, 4) is 11.5 Å². The second kappa shape index (κ2) is 7.83. The van der Waals surface area contributed by atoms with Crippen molar-refractivity contribution < 1.29 is 9.53 Å². The zero-order chi connectivity index (χ0) is 23.1. The number of carbonyl (C=O) groups is 1. The maximum atomic E-state index is 12.5. The van der Waals surface area contributed by atoms with E-state index < -0.39 is 6.03 Å². The minimum Gasteiger partial charge on any atom is -0.454 e. The first-order chi connectivity index (χ1) is 15.9. The number of pyridine rings is 1. The molecule has 3 aromatic heterocycles. The molecule has 2 aromatic carbocycles. The highest BCUT2D eigenvalue weighted by atomic mass is 16.5. The molecule has 0 spiro atoms. The number of hydrogen-bond donors (Lipinski definition) is 2. The van der Waals surface area contributed by atoms with E-state index in [1.807, 2.05) is 30.3 Å². The SMILES string of the molecule is Cn1nccc1NC(=O)Nc1cc(Oc2ccnc3c2n(C)c(=O)n3C)c2ccccc2c1. The highest BCUT2D eigenvalue weighted by Gasteiger charge is 2.16. The second-order valence-electron chi connectivity index (χ2n) is 7.60. The van der Waals surface area contributed by atoms with Crippen LogP contribution in [0.15, 0.2) is 65.7 Å². The Morgan fingerprint density at radius 2 is 1.76 bits per heavy atom. The van der Waals surface area contributed by atoms with Gasteiger partial charge < -0.3 is 10.1 Å². The molecule has 5 aromatic rings. The fraction of sp³-hybridized carbons (Fsp3) is 0.130. The van der Waals surface area contributed by atoms with Gasteiger partial charge in [0.1, 0.15) is 17.1 Å². The Labute approximate surface area is 188 Å². The van der Waals surface area contributed by atoms with Crippen LogP contribution in [0.1, 0.15) is 0 Å². The Kier molecular flexibility index (Phi) is 4.82. The summed E-state index contributed by atoms with van der Waals surface area (Å²) in [6, 6.07) is 14.3. The summed E-state index contributed by atoms with van der Waals surface area (Å²) in [5, 5.41) is 11.4. The summed E-state index contributed by atoms with van der Waals surface area (Å²) in [5.74, 6) is 1.59. The first-order valence-corrected chi connectivity index (χ1v) is 10.2. The number of urea groups is 1. The van der Waals surface area contributed by atoms with Gasteiger partial charge in [-0.15, -0.1) is 0 Å². The molecule has 0 saturated carbocycles. The minimum absolute atomic E-state index is 0.194. The van der Waals surface area contributed by atoms with Crippen molar-refractivity contribution >= 4 is 39.5 Å². The number of benzene rings is 2.